The molecule has 0 bridgehead atoms. The van der Waals surface area contributed by atoms with E-state index in [1.807, 2.05) is 18.2 Å². The van der Waals surface area contributed by atoms with Gasteiger partial charge in [-0.05, 0) is 6.07 Å². The number of fused-ring (bicyclic) bond motifs is 1. The van der Waals surface area contributed by atoms with Crippen molar-refractivity contribution in [2.45, 2.75) is 0 Å². The summed E-state index contributed by atoms with van der Waals surface area (Å²) in [6.45, 7) is 0. The average molecular weight is 265 g/mol. The van der Waals surface area contributed by atoms with Gasteiger partial charge in [-0.3, -0.25) is 10.3 Å². The van der Waals surface area contributed by atoms with E-state index in [-0.39, 0.29) is 11.5 Å². The van der Waals surface area contributed by atoms with E-state index in [0.717, 1.165) is 10.4 Å². The third-order valence-electron chi connectivity index (χ3n) is 2.49. The highest BCUT2D eigenvalue weighted by molar-refractivity contribution is 6.00. The van der Waals surface area contributed by atoms with Crippen LogP contribution in [0.1, 0.15) is 0 Å². The SMILES string of the molecule is CNOONc1nc2ccccc2c(N(C)O)c1N. The molecule has 1 aromatic heterocycles. The monoisotopic (exact) mass is 265 g/mol. The van der Waals surface area contributed by atoms with Crippen LogP contribution >= 0.6 is 0 Å². The lowest BCUT2D eigenvalue weighted by atomic mass is 10.1. The van der Waals surface area contributed by atoms with Gasteiger partial charge in [-0.2, -0.15) is 5.48 Å². The molecule has 19 heavy (non-hydrogen) atoms. The van der Waals surface area contributed by atoms with Crippen LogP contribution < -0.4 is 21.8 Å². The number of hydrogen-bond acceptors (Lipinski definition) is 8. The van der Waals surface area contributed by atoms with Crippen LogP contribution in [-0.2, 0) is 9.98 Å². The molecule has 0 saturated carbocycles. The van der Waals surface area contributed by atoms with Gasteiger partial charge in [0, 0.05) is 19.5 Å². The van der Waals surface area contributed by atoms with Crippen molar-refractivity contribution in [2.24, 2.45) is 0 Å². The molecule has 0 fully saturated rings. The number of nitrogens with two attached hydrogens (primary N) is 1. The Bertz CT molecular complexity index is 576. The molecule has 0 unspecified atom stereocenters. The first-order valence-electron chi connectivity index (χ1n) is 5.51. The lowest BCUT2D eigenvalue weighted by Crippen LogP contribution is -2.17. The highest BCUT2D eigenvalue weighted by Gasteiger charge is 2.15. The Morgan fingerprint density at radius 1 is 1.32 bits per heavy atom. The number of rotatable bonds is 5. The summed E-state index contributed by atoms with van der Waals surface area (Å²) >= 11 is 0. The first kappa shape index (κ1) is 13.3. The predicted octanol–water partition coefficient (Wildman–Crippen LogP) is 1.05. The van der Waals surface area contributed by atoms with Crippen molar-refractivity contribution in [3.05, 3.63) is 24.3 Å². The van der Waals surface area contributed by atoms with Gasteiger partial charge in [0.15, 0.2) is 5.82 Å². The minimum Gasteiger partial charge on any atom is -0.394 e. The standard InChI is InChI=1S/C11H15N5O3/c1-13-18-19-15-11-9(12)10(16(2)17)7-5-3-4-6-8(7)14-11/h3-6,13,17H,12H2,1-2H3,(H,14,15). The van der Waals surface area contributed by atoms with Crippen LogP contribution in [-0.4, -0.2) is 24.3 Å². The zero-order valence-corrected chi connectivity index (χ0v) is 10.5. The molecule has 0 aliphatic rings. The number of nitrogen functional groups attached to an aromatic ring is 1. The normalized spacial score (nSPS) is 10.7. The molecular formula is C11H15N5O3. The second kappa shape index (κ2) is 5.67. The molecule has 1 heterocycles. The van der Waals surface area contributed by atoms with Crippen LogP contribution in [0.25, 0.3) is 10.9 Å². The van der Waals surface area contributed by atoms with E-state index < -0.39 is 0 Å². The lowest BCUT2D eigenvalue weighted by molar-refractivity contribution is -0.312. The Labute approximate surface area is 109 Å². The first-order valence-corrected chi connectivity index (χ1v) is 5.51. The van der Waals surface area contributed by atoms with Crippen LogP contribution in [0.15, 0.2) is 24.3 Å². The minimum absolute atomic E-state index is 0.239. The highest BCUT2D eigenvalue weighted by Crippen LogP contribution is 2.35. The molecule has 0 saturated heterocycles. The van der Waals surface area contributed by atoms with E-state index in [1.165, 1.54) is 14.1 Å². The fourth-order valence-electron chi connectivity index (χ4n) is 1.74. The van der Waals surface area contributed by atoms with Crippen molar-refractivity contribution < 1.29 is 15.2 Å². The van der Waals surface area contributed by atoms with Gasteiger partial charge < -0.3 is 5.73 Å². The summed E-state index contributed by atoms with van der Waals surface area (Å²) in [6, 6.07) is 7.28. The maximum Gasteiger partial charge on any atom is 0.178 e. The van der Waals surface area contributed by atoms with Crippen molar-refractivity contribution in [1.29, 1.82) is 0 Å². The summed E-state index contributed by atoms with van der Waals surface area (Å²) < 4.78 is 0. The number of benzene rings is 1. The van der Waals surface area contributed by atoms with Gasteiger partial charge in [0.25, 0.3) is 0 Å². The first-order chi connectivity index (χ1) is 9.15. The van der Waals surface area contributed by atoms with Crippen LogP contribution in [0.5, 0.6) is 0 Å². The van der Waals surface area contributed by atoms with Crippen molar-refractivity contribution in [2.75, 3.05) is 30.4 Å². The molecule has 2 aromatic rings. The Morgan fingerprint density at radius 2 is 2.05 bits per heavy atom. The molecule has 0 radical (unpaired) electrons. The fourth-order valence-corrected chi connectivity index (χ4v) is 1.74. The molecule has 8 heteroatoms. The van der Waals surface area contributed by atoms with E-state index in [0.29, 0.717) is 11.2 Å². The molecule has 0 amide bonds. The number of para-hydroxylation sites is 1. The maximum atomic E-state index is 9.71. The highest BCUT2D eigenvalue weighted by atomic mass is 17.3. The number of nitrogens with zero attached hydrogens (tertiary/aromatic N) is 2. The second-order valence-electron chi connectivity index (χ2n) is 3.74. The number of aromatic nitrogens is 1. The minimum atomic E-state index is 0.239. The molecule has 2 rings (SSSR count). The molecule has 5 N–H and O–H groups in total. The van der Waals surface area contributed by atoms with Crippen molar-refractivity contribution in [3.8, 4) is 0 Å². The zero-order chi connectivity index (χ0) is 13.8. The molecule has 8 nitrogen and oxygen atoms in total. The van der Waals surface area contributed by atoms with Gasteiger partial charge in [-0.1, -0.05) is 23.2 Å². The van der Waals surface area contributed by atoms with Gasteiger partial charge in [0.2, 0.25) is 0 Å². The topological polar surface area (TPSA) is 105 Å². The summed E-state index contributed by atoms with van der Waals surface area (Å²) in [7, 11) is 3.01. The number of pyridine rings is 1. The Morgan fingerprint density at radius 3 is 2.74 bits per heavy atom. The van der Waals surface area contributed by atoms with Crippen LogP contribution in [0.3, 0.4) is 0 Å². The van der Waals surface area contributed by atoms with E-state index >= 15 is 0 Å². The number of hydrogen-bond donors (Lipinski definition) is 4. The molecule has 0 aliphatic carbocycles. The largest absolute Gasteiger partial charge is 0.394 e. The molecular weight excluding hydrogens is 250 g/mol. The summed E-state index contributed by atoms with van der Waals surface area (Å²) in [4.78, 5) is 13.4. The molecule has 0 atom stereocenters. The lowest BCUT2D eigenvalue weighted by Gasteiger charge is -2.18. The van der Waals surface area contributed by atoms with Gasteiger partial charge in [0.05, 0.1) is 11.2 Å². The van der Waals surface area contributed by atoms with Gasteiger partial charge in [-0.15, -0.1) is 4.99 Å². The Balaban J connectivity index is 2.50. The molecule has 0 spiro atoms. The van der Waals surface area contributed by atoms with Gasteiger partial charge >= 0.3 is 0 Å². The van der Waals surface area contributed by atoms with Crippen molar-refractivity contribution in [3.63, 3.8) is 0 Å². The van der Waals surface area contributed by atoms with Gasteiger partial charge in [-0.25, -0.2) is 10.5 Å². The summed E-state index contributed by atoms with van der Waals surface area (Å²) in [5.74, 6) is 0.241. The number of nitrogens with one attached hydrogen (secondary N) is 2. The van der Waals surface area contributed by atoms with Crippen molar-refractivity contribution >= 4 is 28.1 Å². The molecule has 0 aliphatic heterocycles. The zero-order valence-electron chi connectivity index (χ0n) is 10.5. The van der Waals surface area contributed by atoms with Crippen LogP contribution in [0, 0.1) is 0 Å². The van der Waals surface area contributed by atoms with Crippen LogP contribution in [0.4, 0.5) is 17.2 Å². The fraction of sp³-hybridized carbons (Fsp3) is 0.182. The van der Waals surface area contributed by atoms with E-state index in [9.17, 15) is 5.21 Å². The Kier molecular flexibility index (Phi) is 3.97. The average Bonchev–Trinajstić information content (AvgIpc) is 2.39. The molecule has 102 valence electrons. The number of hydroxylamine groups is 2. The third kappa shape index (κ3) is 2.66. The summed E-state index contributed by atoms with van der Waals surface area (Å²) in [5.41, 5.74) is 12.0. The van der Waals surface area contributed by atoms with E-state index in [2.05, 4.69) is 25.9 Å². The van der Waals surface area contributed by atoms with E-state index in [4.69, 9.17) is 5.73 Å². The predicted molar refractivity (Wildman–Crippen MR) is 71.2 cm³/mol. The third-order valence-corrected chi connectivity index (χ3v) is 2.49. The maximum absolute atomic E-state index is 9.71. The Hall–Kier alpha value is -2.13. The smallest absolute Gasteiger partial charge is 0.178 e. The van der Waals surface area contributed by atoms with Crippen molar-refractivity contribution in [1.82, 2.24) is 10.5 Å². The summed E-state index contributed by atoms with van der Waals surface area (Å²) in [5, 5.41) is 11.4. The van der Waals surface area contributed by atoms with E-state index in [1.54, 1.807) is 6.07 Å². The summed E-state index contributed by atoms with van der Waals surface area (Å²) in [6.07, 6.45) is 0. The molecule has 1 aromatic carbocycles. The van der Waals surface area contributed by atoms with Gasteiger partial charge in [0.1, 0.15) is 5.69 Å². The quantitative estimate of drug-likeness (QED) is 0.361. The van der Waals surface area contributed by atoms with Crippen LogP contribution in [0.2, 0.25) is 0 Å². The number of anilines is 3. The second-order valence-corrected chi connectivity index (χ2v) is 3.74.